The topological polar surface area (TPSA) is 57.9 Å². The van der Waals surface area contributed by atoms with Gasteiger partial charge in [0.25, 0.3) is 0 Å². The molecule has 3 nitrogen and oxygen atoms in total. The van der Waals surface area contributed by atoms with Gasteiger partial charge in [-0.25, -0.2) is 8.42 Å². The van der Waals surface area contributed by atoms with Gasteiger partial charge >= 0.3 is 0 Å². The molecule has 1 aliphatic carbocycles. The molecule has 0 spiro atoms. The number of hydrogen-bond donors (Lipinski definition) is 0. The van der Waals surface area contributed by atoms with Crippen molar-refractivity contribution in [3.05, 3.63) is 35.9 Å². The van der Waals surface area contributed by atoms with Gasteiger partial charge in [0.05, 0.1) is 23.0 Å². The highest BCUT2D eigenvalue weighted by atomic mass is 32.2. The van der Waals surface area contributed by atoms with E-state index < -0.39 is 15.1 Å². The SMILES string of the molecule is CCCC1CCC(C#N)C(S(=O)(=O)Cc2ccccc2)C1. The molecule has 1 fully saturated rings. The fourth-order valence-electron chi connectivity index (χ4n) is 3.34. The van der Waals surface area contributed by atoms with Crippen LogP contribution in [0.3, 0.4) is 0 Å². The highest BCUT2D eigenvalue weighted by Gasteiger charge is 2.38. The molecule has 21 heavy (non-hydrogen) atoms. The molecule has 0 aromatic heterocycles. The summed E-state index contributed by atoms with van der Waals surface area (Å²) in [5.74, 6) is 0.164. The molecule has 1 aromatic carbocycles. The lowest BCUT2D eigenvalue weighted by Crippen LogP contribution is -2.36. The summed E-state index contributed by atoms with van der Waals surface area (Å²) >= 11 is 0. The van der Waals surface area contributed by atoms with Crippen LogP contribution in [0, 0.1) is 23.2 Å². The molecule has 0 radical (unpaired) electrons. The molecule has 0 saturated heterocycles. The van der Waals surface area contributed by atoms with Gasteiger partial charge in [-0.1, -0.05) is 50.1 Å². The van der Waals surface area contributed by atoms with Crippen LogP contribution in [0.2, 0.25) is 0 Å². The lowest BCUT2D eigenvalue weighted by atomic mass is 9.80. The van der Waals surface area contributed by atoms with Crippen molar-refractivity contribution in [2.45, 2.75) is 50.0 Å². The van der Waals surface area contributed by atoms with Crippen LogP contribution in [0.15, 0.2) is 30.3 Å². The van der Waals surface area contributed by atoms with Crippen LogP contribution in [0.4, 0.5) is 0 Å². The van der Waals surface area contributed by atoms with Gasteiger partial charge in [-0.2, -0.15) is 5.26 Å². The van der Waals surface area contributed by atoms with Crippen molar-refractivity contribution >= 4 is 9.84 Å². The van der Waals surface area contributed by atoms with Crippen molar-refractivity contribution in [1.29, 1.82) is 5.26 Å². The zero-order chi connectivity index (χ0) is 15.3. The third-order valence-electron chi connectivity index (χ3n) is 4.44. The van der Waals surface area contributed by atoms with Gasteiger partial charge in [0, 0.05) is 0 Å². The van der Waals surface area contributed by atoms with E-state index in [1.807, 2.05) is 30.3 Å². The molecule has 1 aliphatic rings. The maximum Gasteiger partial charge on any atom is 0.158 e. The second-order valence-electron chi connectivity index (χ2n) is 6.03. The van der Waals surface area contributed by atoms with Crippen molar-refractivity contribution in [1.82, 2.24) is 0 Å². The Bertz CT molecular complexity index is 589. The van der Waals surface area contributed by atoms with Crippen LogP contribution in [-0.4, -0.2) is 13.7 Å². The van der Waals surface area contributed by atoms with E-state index in [0.29, 0.717) is 12.3 Å². The standard InChI is InChI=1S/C17H23NO2S/c1-2-6-14-9-10-16(12-18)17(11-14)21(19,20)13-15-7-4-3-5-8-15/h3-5,7-8,14,16-17H,2,6,9-11,13H2,1H3. The molecule has 114 valence electrons. The monoisotopic (exact) mass is 305 g/mol. The average molecular weight is 305 g/mol. The minimum atomic E-state index is -3.27. The Hall–Kier alpha value is -1.34. The number of nitriles is 1. The average Bonchev–Trinajstić information content (AvgIpc) is 2.48. The van der Waals surface area contributed by atoms with Crippen molar-refractivity contribution in [3.8, 4) is 6.07 Å². The summed E-state index contributed by atoms with van der Waals surface area (Å²) in [6, 6.07) is 11.5. The third kappa shape index (κ3) is 4.07. The molecule has 2 rings (SSSR count). The van der Waals surface area contributed by atoms with E-state index in [4.69, 9.17) is 0 Å². The van der Waals surface area contributed by atoms with E-state index in [1.54, 1.807) is 0 Å². The smallest absolute Gasteiger partial charge is 0.158 e. The molecule has 1 saturated carbocycles. The first-order valence-corrected chi connectivity index (χ1v) is 9.43. The van der Waals surface area contributed by atoms with Crippen LogP contribution in [0.1, 0.15) is 44.6 Å². The quantitative estimate of drug-likeness (QED) is 0.833. The van der Waals surface area contributed by atoms with E-state index >= 15 is 0 Å². The second kappa shape index (κ2) is 7.09. The van der Waals surface area contributed by atoms with Gasteiger partial charge in [0.2, 0.25) is 0 Å². The summed E-state index contributed by atoms with van der Waals surface area (Å²) in [6.07, 6.45) is 4.51. The highest BCUT2D eigenvalue weighted by Crippen LogP contribution is 2.36. The second-order valence-corrected chi connectivity index (χ2v) is 8.25. The minimum absolute atomic E-state index is 0.0511. The maximum atomic E-state index is 12.7. The lowest BCUT2D eigenvalue weighted by Gasteiger charge is -2.32. The van der Waals surface area contributed by atoms with Crippen LogP contribution in [0.5, 0.6) is 0 Å². The lowest BCUT2D eigenvalue weighted by molar-refractivity contribution is 0.298. The summed E-state index contributed by atoms with van der Waals surface area (Å²) in [6.45, 7) is 2.13. The zero-order valence-electron chi connectivity index (χ0n) is 12.5. The number of hydrogen-bond acceptors (Lipinski definition) is 3. The Balaban J connectivity index is 2.17. The van der Waals surface area contributed by atoms with E-state index in [-0.39, 0.29) is 11.7 Å². The zero-order valence-corrected chi connectivity index (χ0v) is 13.3. The largest absolute Gasteiger partial charge is 0.228 e. The fourth-order valence-corrected chi connectivity index (χ4v) is 5.47. The van der Waals surface area contributed by atoms with Crippen molar-refractivity contribution in [2.24, 2.45) is 11.8 Å². The molecular formula is C17H23NO2S. The van der Waals surface area contributed by atoms with Crippen LogP contribution >= 0.6 is 0 Å². The summed E-state index contributed by atoms with van der Waals surface area (Å²) in [5, 5.41) is 8.80. The Morgan fingerprint density at radius 1 is 1.24 bits per heavy atom. The van der Waals surface area contributed by atoms with Gasteiger partial charge in [-0.15, -0.1) is 0 Å². The van der Waals surface area contributed by atoms with Gasteiger partial charge < -0.3 is 0 Å². The van der Waals surface area contributed by atoms with E-state index in [0.717, 1.165) is 31.2 Å². The number of benzene rings is 1. The van der Waals surface area contributed by atoms with E-state index in [2.05, 4.69) is 13.0 Å². The maximum absolute atomic E-state index is 12.7. The van der Waals surface area contributed by atoms with Gasteiger partial charge in [-0.3, -0.25) is 0 Å². The predicted molar refractivity (Wildman–Crippen MR) is 84.2 cm³/mol. The molecule has 1 aromatic rings. The molecule has 0 amide bonds. The molecule has 0 bridgehead atoms. The molecule has 3 atom stereocenters. The third-order valence-corrected chi connectivity index (χ3v) is 6.61. The Morgan fingerprint density at radius 3 is 2.57 bits per heavy atom. The van der Waals surface area contributed by atoms with Gasteiger partial charge in [0.1, 0.15) is 0 Å². The molecule has 0 N–H and O–H groups in total. The van der Waals surface area contributed by atoms with Crippen LogP contribution in [-0.2, 0) is 15.6 Å². The number of rotatable bonds is 5. The van der Waals surface area contributed by atoms with Crippen LogP contribution < -0.4 is 0 Å². The van der Waals surface area contributed by atoms with Gasteiger partial charge in [0.15, 0.2) is 9.84 Å². The van der Waals surface area contributed by atoms with E-state index in [1.165, 1.54) is 0 Å². The Kier molecular flexibility index (Phi) is 5.41. The summed E-state index contributed by atoms with van der Waals surface area (Å²) in [4.78, 5) is 0. The molecular weight excluding hydrogens is 282 g/mol. The molecule has 0 aliphatic heterocycles. The minimum Gasteiger partial charge on any atom is -0.228 e. The summed E-state index contributed by atoms with van der Waals surface area (Å²) < 4.78 is 25.4. The van der Waals surface area contributed by atoms with Gasteiger partial charge in [-0.05, 0) is 30.7 Å². The molecule has 3 unspecified atom stereocenters. The normalized spacial score (nSPS) is 26.2. The Morgan fingerprint density at radius 2 is 1.95 bits per heavy atom. The highest BCUT2D eigenvalue weighted by molar-refractivity contribution is 7.91. The van der Waals surface area contributed by atoms with E-state index in [9.17, 15) is 13.7 Å². The number of sulfone groups is 1. The van der Waals surface area contributed by atoms with Crippen molar-refractivity contribution < 1.29 is 8.42 Å². The number of nitrogens with zero attached hydrogens (tertiary/aromatic N) is 1. The first-order chi connectivity index (χ1) is 10.1. The van der Waals surface area contributed by atoms with Crippen molar-refractivity contribution in [2.75, 3.05) is 0 Å². The first kappa shape index (κ1) is 16.0. The predicted octanol–water partition coefficient (Wildman–Crippen LogP) is 3.71. The fraction of sp³-hybridized carbons (Fsp3) is 0.588. The van der Waals surface area contributed by atoms with Crippen LogP contribution in [0.25, 0.3) is 0 Å². The first-order valence-electron chi connectivity index (χ1n) is 7.72. The summed E-state index contributed by atoms with van der Waals surface area (Å²) in [5.41, 5.74) is 0.812. The Labute approximate surface area is 127 Å². The molecule has 0 heterocycles. The molecule has 4 heteroatoms. The summed E-state index contributed by atoms with van der Waals surface area (Å²) in [7, 11) is -3.27. The van der Waals surface area contributed by atoms with Crippen molar-refractivity contribution in [3.63, 3.8) is 0 Å².